The smallest absolute Gasteiger partial charge is 0.119 e. The summed E-state index contributed by atoms with van der Waals surface area (Å²) in [5.41, 5.74) is 2.09. The Morgan fingerprint density at radius 2 is 1.38 bits per heavy atom. The molecule has 0 radical (unpaired) electrons. The lowest BCUT2D eigenvalue weighted by Crippen LogP contribution is -2.04. The van der Waals surface area contributed by atoms with Gasteiger partial charge in [-0.1, -0.05) is 56.3 Å². The molecule has 0 aliphatic carbocycles. The first kappa shape index (κ1) is 16.1. The van der Waals surface area contributed by atoms with E-state index in [1.807, 2.05) is 54.6 Å². The Kier molecular flexibility index (Phi) is 5.83. The number of hydrogen-bond acceptors (Lipinski definition) is 3. The normalized spacial score (nSPS) is 12.2. The molecule has 2 aromatic carbocycles. The van der Waals surface area contributed by atoms with E-state index in [1.165, 1.54) is 0 Å². The molecule has 21 heavy (non-hydrogen) atoms. The molecule has 0 aliphatic rings. The zero-order valence-electron chi connectivity index (χ0n) is 12.3. The van der Waals surface area contributed by atoms with Gasteiger partial charge in [-0.25, -0.2) is 0 Å². The Hall–Kier alpha value is -1.32. The van der Waals surface area contributed by atoms with E-state index in [9.17, 15) is 0 Å². The van der Waals surface area contributed by atoms with E-state index in [2.05, 4.69) is 39.1 Å². The van der Waals surface area contributed by atoms with Crippen molar-refractivity contribution in [3.05, 3.63) is 65.7 Å². The van der Waals surface area contributed by atoms with Crippen molar-refractivity contribution in [2.45, 2.75) is 13.8 Å². The van der Waals surface area contributed by atoms with Crippen molar-refractivity contribution in [3.63, 3.8) is 0 Å². The quantitative estimate of drug-likeness (QED) is 0.554. The molecule has 0 heterocycles. The summed E-state index contributed by atoms with van der Waals surface area (Å²) in [7, 11) is 0. The van der Waals surface area contributed by atoms with Crippen LogP contribution in [0, 0.1) is 5.92 Å². The van der Waals surface area contributed by atoms with E-state index in [0.717, 1.165) is 33.3 Å². The number of thiol groups is 2. The van der Waals surface area contributed by atoms with Crippen LogP contribution in [0.2, 0.25) is 0 Å². The van der Waals surface area contributed by atoms with Gasteiger partial charge in [0.2, 0.25) is 0 Å². The van der Waals surface area contributed by atoms with E-state index in [1.54, 1.807) is 0 Å². The lowest BCUT2D eigenvalue weighted by Gasteiger charge is -2.10. The molecule has 0 aliphatic heterocycles. The Bertz CT molecular complexity index is 601. The first-order valence-electron chi connectivity index (χ1n) is 6.99. The standard InChI is InChI=1S/C18H20OS2/c1-13(2)12-19-16-10-8-15(9-11-16)18(21)17(20)14-6-4-3-5-7-14/h3-11,13,20-21H,12H2,1-2H3/b18-17-. The van der Waals surface area contributed by atoms with Crippen molar-refractivity contribution in [1.29, 1.82) is 0 Å². The van der Waals surface area contributed by atoms with Crippen LogP contribution in [-0.4, -0.2) is 6.61 Å². The van der Waals surface area contributed by atoms with E-state index >= 15 is 0 Å². The second kappa shape index (κ2) is 7.62. The summed E-state index contributed by atoms with van der Waals surface area (Å²) in [6, 6.07) is 18.0. The van der Waals surface area contributed by atoms with Gasteiger partial charge in [0.25, 0.3) is 0 Å². The molecule has 110 valence electrons. The van der Waals surface area contributed by atoms with Crippen molar-refractivity contribution in [3.8, 4) is 5.75 Å². The molecule has 0 unspecified atom stereocenters. The molecule has 0 atom stereocenters. The van der Waals surface area contributed by atoms with Gasteiger partial charge in [0, 0.05) is 9.81 Å². The van der Waals surface area contributed by atoms with Gasteiger partial charge in [0.15, 0.2) is 0 Å². The third kappa shape index (κ3) is 4.58. The van der Waals surface area contributed by atoms with E-state index in [-0.39, 0.29) is 0 Å². The summed E-state index contributed by atoms with van der Waals surface area (Å²) in [6.07, 6.45) is 0. The summed E-state index contributed by atoms with van der Waals surface area (Å²) in [5.74, 6) is 1.40. The van der Waals surface area contributed by atoms with Crippen LogP contribution in [0.5, 0.6) is 5.75 Å². The van der Waals surface area contributed by atoms with Gasteiger partial charge in [-0.3, -0.25) is 0 Å². The van der Waals surface area contributed by atoms with Crippen LogP contribution in [0.3, 0.4) is 0 Å². The summed E-state index contributed by atoms with van der Waals surface area (Å²) < 4.78 is 5.69. The van der Waals surface area contributed by atoms with Crippen LogP contribution in [0.4, 0.5) is 0 Å². The summed E-state index contributed by atoms with van der Waals surface area (Å²) >= 11 is 9.20. The Labute approximate surface area is 137 Å². The van der Waals surface area contributed by atoms with Crippen LogP contribution in [0.15, 0.2) is 54.6 Å². The van der Waals surface area contributed by atoms with Crippen molar-refractivity contribution >= 4 is 35.1 Å². The van der Waals surface area contributed by atoms with E-state index in [0.29, 0.717) is 5.92 Å². The highest BCUT2D eigenvalue weighted by molar-refractivity contribution is 7.96. The fourth-order valence-electron chi connectivity index (χ4n) is 1.84. The lowest BCUT2D eigenvalue weighted by atomic mass is 10.1. The predicted octanol–water partition coefficient (Wildman–Crippen LogP) is 5.41. The molecular formula is C18H20OS2. The average Bonchev–Trinajstić information content (AvgIpc) is 2.53. The second-order valence-corrected chi connectivity index (χ2v) is 6.19. The maximum Gasteiger partial charge on any atom is 0.119 e. The van der Waals surface area contributed by atoms with Gasteiger partial charge >= 0.3 is 0 Å². The van der Waals surface area contributed by atoms with Crippen LogP contribution >= 0.6 is 25.3 Å². The molecule has 2 aromatic rings. The molecule has 0 fully saturated rings. The number of hydrogen-bond donors (Lipinski definition) is 2. The first-order chi connectivity index (χ1) is 10.1. The minimum Gasteiger partial charge on any atom is -0.493 e. The van der Waals surface area contributed by atoms with Crippen molar-refractivity contribution in [2.24, 2.45) is 5.92 Å². The van der Waals surface area contributed by atoms with Crippen LogP contribution in [0.1, 0.15) is 25.0 Å². The molecule has 1 nitrogen and oxygen atoms in total. The molecule has 2 rings (SSSR count). The Morgan fingerprint density at radius 3 is 1.90 bits per heavy atom. The molecule has 0 amide bonds. The van der Waals surface area contributed by atoms with E-state index < -0.39 is 0 Å². The van der Waals surface area contributed by atoms with Crippen molar-refractivity contribution < 1.29 is 4.74 Å². The molecule has 0 aromatic heterocycles. The lowest BCUT2D eigenvalue weighted by molar-refractivity contribution is 0.271. The Balaban J connectivity index is 2.18. The molecule has 0 N–H and O–H groups in total. The molecule has 0 spiro atoms. The monoisotopic (exact) mass is 316 g/mol. The molecule has 0 saturated carbocycles. The van der Waals surface area contributed by atoms with Gasteiger partial charge in [0.1, 0.15) is 5.75 Å². The van der Waals surface area contributed by atoms with E-state index in [4.69, 9.17) is 4.74 Å². The fraction of sp³-hybridized carbons (Fsp3) is 0.222. The van der Waals surface area contributed by atoms with Gasteiger partial charge in [-0.15, -0.1) is 25.3 Å². The van der Waals surface area contributed by atoms with Gasteiger partial charge in [-0.05, 0) is 29.2 Å². The third-order valence-corrected chi connectivity index (χ3v) is 4.12. The second-order valence-electron chi connectivity index (χ2n) is 5.29. The van der Waals surface area contributed by atoms with Crippen LogP contribution in [0.25, 0.3) is 9.81 Å². The largest absolute Gasteiger partial charge is 0.493 e. The van der Waals surface area contributed by atoms with Crippen LogP contribution < -0.4 is 4.74 Å². The minimum atomic E-state index is 0.520. The number of rotatable bonds is 5. The van der Waals surface area contributed by atoms with Gasteiger partial charge in [0.05, 0.1) is 6.61 Å². The molecule has 0 saturated heterocycles. The fourth-order valence-corrected chi connectivity index (χ4v) is 2.40. The minimum absolute atomic E-state index is 0.520. The molecular weight excluding hydrogens is 296 g/mol. The maximum absolute atomic E-state index is 5.69. The average molecular weight is 316 g/mol. The molecule has 3 heteroatoms. The third-order valence-electron chi connectivity index (χ3n) is 2.98. The van der Waals surface area contributed by atoms with Gasteiger partial charge < -0.3 is 4.74 Å². The maximum atomic E-state index is 5.69. The summed E-state index contributed by atoms with van der Waals surface area (Å²) in [5, 5.41) is 0. The first-order valence-corrected chi connectivity index (χ1v) is 7.88. The zero-order valence-corrected chi connectivity index (χ0v) is 14.1. The number of benzene rings is 2. The van der Waals surface area contributed by atoms with Crippen molar-refractivity contribution in [2.75, 3.05) is 6.61 Å². The summed E-state index contributed by atoms with van der Waals surface area (Å²) in [4.78, 5) is 1.73. The van der Waals surface area contributed by atoms with Crippen molar-refractivity contribution in [1.82, 2.24) is 0 Å². The molecule has 0 bridgehead atoms. The highest BCUT2D eigenvalue weighted by atomic mass is 32.1. The Morgan fingerprint density at radius 1 is 0.857 bits per heavy atom. The zero-order chi connectivity index (χ0) is 15.2. The SMILES string of the molecule is CC(C)COc1ccc(/C(S)=C(/S)c2ccccc2)cc1. The highest BCUT2D eigenvalue weighted by Gasteiger charge is 2.05. The van der Waals surface area contributed by atoms with Crippen LogP contribution in [-0.2, 0) is 0 Å². The summed E-state index contributed by atoms with van der Waals surface area (Å²) in [6.45, 7) is 5.00. The highest BCUT2D eigenvalue weighted by Crippen LogP contribution is 2.32. The predicted molar refractivity (Wildman–Crippen MR) is 98.0 cm³/mol. The topological polar surface area (TPSA) is 9.23 Å². The van der Waals surface area contributed by atoms with Gasteiger partial charge in [-0.2, -0.15) is 0 Å². The number of ether oxygens (including phenoxy) is 1.